The van der Waals surface area contributed by atoms with Crippen LogP contribution in [0, 0.1) is 0 Å². The van der Waals surface area contributed by atoms with E-state index in [1.54, 1.807) is 0 Å². The van der Waals surface area contributed by atoms with Crippen molar-refractivity contribution >= 4 is 35.5 Å². The maximum Gasteiger partial charge on any atom is 0.333 e. The molecule has 30 unspecified atom stereocenters. The number of aromatic hydroxyl groups is 2. The molecule has 27 N–H and O–H groups in total. The van der Waals surface area contributed by atoms with Crippen molar-refractivity contribution in [2.45, 2.75) is 261 Å². The minimum atomic E-state index is -1.98. The summed E-state index contributed by atoms with van der Waals surface area (Å²) in [5, 5.41) is 242. The van der Waals surface area contributed by atoms with Gasteiger partial charge in [0, 0.05) is 64.1 Å². The Morgan fingerprint density at radius 3 is 0.957 bits per heavy atom. The number of aliphatic hydroxyl groups is 20. The molecule has 0 bridgehead atoms. The van der Waals surface area contributed by atoms with Crippen molar-refractivity contribution in [1.82, 2.24) is 36.2 Å². The zero-order valence-electron chi connectivity index (χ0n) is 63.3. The number of nitrogens with one attached hydrogen (secondary N) is 5. The van der Waals surface area contributed by atoms with Crippen LogP contribution in [0.25, 0.3) is 0 Å². The Morgan fingerprint density at radius 2 is 0.621 bits per heavy atom. The van der Waals surface area contributed by atoms with Gasteiger partial charge in [0.15, 0.2) is 37.7 Å². The number of ether oxygens (including phenoxy) is 12. The lowest BCUT2D eigenvalue weighted by Crippen LogP contribution is -2.65. The van der Waals surface area contributed by atoms with Gasteiger partial charge in [-0.1, -0.05) is 19.3 Å². The maximum absolute atomic E-state index is 13.3. The van der Waals surface area contributed by atoms with Gasteiger partial charge in [-0.2, -0.15) is 0 Å². The summed E-state index contributed by atoms with van der Waals surface area (Å²) in [7, 11) is 0. The van der Waals surface area contributed by atoms with Crippen molar-refractivity contribution in [1.29, 1.82) is 0 Å². The number of aliphatic hydroxyl groups excluding tert-OH is 20. The molecule has 7 rings (SSSR count). The molecule has 6 saturated heterocycles. The number of hydrogen-bond acceptors (Lipinski definition) is 42. The fourth-order valence-electron chi connectivity index (χ4n) is 13.1. The molecule has 5 amide bonds. The van der Waals surface area contributed by atoms with Gasteiger partial charge in [-0.05, 0) is 38.5 Å². The van der Waals surface area contributed by atoms with Crippen LogP contribution >= 0.6 is 0 Å². The summed E-state index contributed by atoms with van der Waals surface area (Å²) in [5.74, 6) is -4.24. The molecular formula is C68H115N7O41. The first-order valence-electron chi connectivity index (χ1n) is 38.2. The summed E-state index contributed by atoms with van der Waals surface area (Å²) in [6.45, 7) is -6.53. The first-order chi connectivity index (χ1) is 55.3. The number of carbonyl (C=O) groups excluding carboxylic acids is 6. The van der Waals surface area contributed by atoms with Crippen molar-refractivity contribution in [2.75, 3.05) is 105 Å². The Labute approximate surface area is 663 Å². The van der Waals surface area contributed by atoms with Crippen molar-refractivity contribution in [2.24, 2.45) is 0 Å². The molecule has 0 saturated carbocycles. The molecule has 0 aliphatic carbocycles. The van der Waals surface area contributed by atoms with E-state index in [0.29, 0.717) is 62.5 Å². The summed E-state index contributed by atoms with van der Waals surface area (Å²) < 4.78 is 67.6. The van der Waals surface area contributed by atoms with Gasteiger partial charge in [-0.15, -0.1) is 4.73 Å². The van der Waals surface area contributed by atoms with Crippen LogP contribution in [-0.2, 0) is 85.6 Å². The highest BCUT2D eigenvalue weighted by Crippen LogP contribution is 2.34. The number of amides is 5. The monoisotopic (exact) mass is 1690 g/mol. The zero-order chi connectivity index (χ0) is 85.0. The number of rotatable bonds is 47. The Morgan fingerprint density at radius 1 is 0.328 bits per heavy atom. The lowest BCUT2D eigenvalue weighted by molar-refractivity contribution is -0.366. The van der Waals surface area contributed by atoms with Crippen LogP contribution in [0.4, 0.5) is 0 Å². The predicted octanol–water partition coefficient (Wildman–Crippen LogP) is -14.7. The minimum absolute atomic E-state index is 0.00310. The van der Waals surface area contributed by atoms with Crippen LogP contribution in [0.15, 0.2) is 12.1 Å². The standard InChI is InChI=1S/C68H115N7O41/c76-25-31-45(88)51(94)55(98)63(108-31)106-29-35-49(92)61(114-67-57(100)53(96)47(90)33(27-78)110-67)59(102)65(112-35)104-20-18-72-37(80)10-4-1-7-15-69-39(82)22-74(24-41(84)71-17-9-3-6-12-44(87)116-75-42(85)13-14-43(75)86)23-40(83)70-16-8-2-5-11-38(81)73-19-21-105-66-60(103)62(115-68-58(101)54(97)48(91)34(28-79)111-68)50(93)36(113-66)30-107-64-56(99)52(95)46(89)32(26-77)109-64/h13-14,31-36,45-68,76-79,85-86,88-103H,1-12,15-30H2,(H,69,82)(H,70,83)(H,71,84)(H,72,80)(H,73,81). The van der Waals surface area contributed by atoms with Gasteiger partial charge in [0.05, 0.1) is 72.5 Å². The van der Waals surface area contributed by atoms with E-state index in [1.165, 1.54) is 4.90 Å². The zero-order valence-corrected chi connectivity index (χ0v) is 63.3. The third-order valence-corrected chi connectivity index (χ3v) is 19.8. The van der Waals surface area contributed by atoms with E-state index in [4.69, 9.17) is 61.7 Å². The molecule has 6 fully saturated rings. The second-order valence-electron chi connectivity index (χ2n) is 28.6. The fraction of sp³-hybridized carbons (Fsp3) is 0.853. The van der Waals surface area contributed by atoms with E-state index < -0.39 is 291 Å². The maximum atomic E-state index is 13.3. The molecule has 668 valence electrons. The topological polar surface area (TPSA) is 736 Å². The molecule has 1 aromatic rings. The van der Waals surface area contributed by atoms with Crippen LogP contribution < -0.4 is 31.4 Å². The third-order valence-electron chi connectivity index (χ3n) is 19.8. The molecule has 30 atom stereocenters. The second-order valence-corrected chi connectivity index (χ2v) is 28.6. The average molecular weight is 1690 g/mol. The quantitative estimate of drug-likeness (QED) is 0.0270. The van der Waals surface area contributed by atoms with Crippen molar-refractivity contribution in [3.63, 3.8) is 0 Å². The van der Waals surface area contributed by atoms with Crippen LogP contribution in [0.2, 0.25) is 0 Å². The highest BCUT2D eigenvalue weighted by Gasteiger charge is 2.55. The van der Waals surface area contributed by atoms with Crippen LogP contribution in [0.3, 0.4) is 0 Å². The highest BCUT2D eigenvalue weighted by molar-refractivity contribution is 5.84. The predicted molar refractivity (Wildman–Crippen MR) is 376 cm³/mol. The van der Waals surface area contributed by atoms with E-state index in [2.05, 4.69) is 26.6 Å². The van der Waals surface area contributed by atoms with E-state index >= 15 is 0 Å². The Hall–Kier alpha value is -5.62. The van der Waals surface area contributed by atoms with E-state index in [0.717, 1.165) is 12.1 Å². The summed E-state index contributed by atoms with van der Waals surface area (Å²) in [5.41, 5.74) is 0. The van der Waals surface area contributed by atoms with Gasteiger partial charge in [0.25, 0.3) is 0 Å². The molecule has 0 spiro atoms. The number of nitrogens with zero attached hydrogens (tertiary/aromatic N) is 2. The summed E-state index contributed by atoms with van der Waals surface area (Å²) in [6.07, 6.45) is -49.3. The SMILES string of the molecule is O=C(CCCCCNC(=O)CN(CC(=O)NCCCCCC(=O)NCCOC1OC(COC2OC(CO)C(O)C(O)C2O)C(O)C(OC2OC(CO)C(O)C(O)C2O)C1O)CC(=O)NCCCCCC(=O)On1c(O)ccc1O)NCCOC1OC(COC2OC(CO)C(O)C(O)C2O)C(O)C(OC2OC(CO)C(O)C(O)C2O)C1O. The number of hydrogen-bond donors (Lipinski definition) is 27. The second kappa shape index (κ2) is 48.7. The van der Waals surface area contributed by atoms with Crippen LogP contribution in [-0.4, -0.2) is 447 Å². The number of unbranched alkanes of at least 4 members (excludes halogenated alkanes) is 6. The van der Waals surface area contributed by atoms with Gasteiger partial charge in [-0.3, -0.25) is 28.9 Å². The van der Waals surface area contributed by atoms with Crippen LogP contribution in [0.1, 0.15) is 77.0 Å². The van der Waals surface area contributed by atoms with E-state index in [1.807, 2.05) is 0 Å². The van der Waals surface area contributed by atoms with Gasteiger partial charge >= 0.3 is 5.97 Å². The van der Waals surface area contributed by atoms with Crippen molar-refractivity contribution < 1.29 is 203 Å². The highest BCUT2D eigenvalue weighted by atomic mass is 16.8. The summed E-state index contributed by atoms with van der Waals surface area (Å²) in [4.78, 5) is 84.0. The number of carbonyl (C=O) groups is 6. The molecule has 0 radical (unpaired) electrons. The molecular weight excluding hydrogens is 1570 g/mol. The smallest absolute Gasteiger partial charge is 0.333 e. The molecule has 48 heteroatoms. The van der Waals surface area contributed by atoms with E-state index in [9.17, 15) is 141 Å². The van der Waals surface area contributed by atoms with Crippen molar-refractivity contribution in [3.05, 3.63) is 12.1 Å². The Balaban J connectivity index is 0.823. The average Bonchev–Trinajstić information content (AvgIpc) is 1.11. The molecule has 48 nitrogen and oxygen atoms in total. The first kappa shape index (κ1) is 97.5. The third kappa shape index (κ3) is 28.2. The fourth-order valence-corrected chi connectivity index (χ4v) is 13.1. The molecule has 0 aromatic carbocycles. The molecule has 6 aliphatic heterocycles. The summed E-state index contributed by atoms with van der Waals surface area (Å²) in [6, 6.07) is 2.25. The van der Waals surface area contributed by atoms with Crippen LogP contribution in [0.5, 0.6) is 11.8 Å². The number of aromatic nitrogens is 1. The minimum Gasteiger partial charge on any atom is -0.492 e. The summed E-state index contributed by atoms with van der Waals surface area (Å²) >= 11 is 0. The Bertz CT molecular complexity index is 2930. The van der Waals surface area contributed by atoms with Gasteiger partial charge in [0.1, 0.15) is 146 Å². The lowest BCUT2D eigenvalue weighted by atomic mass is 9.96. The first-order valence-corrected chi connectivity index (χ1v) is 38.2. The van der Waals surface area contributed by atoms with Gasteiger partial charge in [-0.25, -0.2) is 4.79 Å². The lowest BCUT2D eigenvalue weighted by Gasteiger charge is -2.46. The molecule has 1 aromatic heterocycles. The molecule has 116 heavy (non-hydrogen) atoms. The molecule has 6 aliphatic rings. The largest absolute Gasteiger partial charge is 0.492 e. The van der Waals surface area contributed by atoms with Gasteiger partial charge in [0.2, 0.25) is 41.3 Å². The molecule has 7 heterocycles. The van der Waals surface area contributed by atoms with Gasteiger partial charge < -0.3 is 201 Å². The van der Waals surface area contributed by atoms with E-state index in [-0.39, 0.29) is 65.2 Å². The van der Waals surface area contributed by atoms with Crippen molar-refractivity contribution in [3.8, 4) is 11.8 Å². The Kier molecular flexibility index (Phi) is 41.0. The normalized spacial score (nSPS) is 35.5.